The molecule has 0 bridgehead atoms. The summed E-state index contributed by atoms with van der Waals surface area (Å²) in [5.74, 6) is -0.105. The summed E-state index contributed by atoms with van der Waals surface area (Å²) in [6, 6.07) is 6.45. The molecule has 0 saturated carbocycles. The van der Waals surface area contributed by atoms with Crippen molar-refractivity contribution in [2.75, 3.05) is 11.4 Å². The first-order chi connectivity index (χ1) is 7.09. The molecule has 1 amide bonds. The molecule has 80 valence electrons. The Morgan fingerprint density at radius 3 is 2.67 bits per heavy atom. The fraction of sp³-hybridized carbons (Fsp3) is 0.300. The van der Waals surface area contributed by atoms with Crippen LogP contribution in [-0.4, -0.2) is 28.3 Å². The van der Waals surface area contributed by atoms with Crippen LogP contribution in [0.15, 0.2) is 24.3 Å². The van der Waals surface area contributed by atoms with Crippen LogP contribution < -0.4 is 4.90 Å². The predicted molar refractivity (Wildman–Crippen MR) is 59.7 cm³/mol. The van der Waals surface area contributed by atoms with Gasteiger partial charge in [-0.25, -0.2) is 0 Å². The van der Waals surface area contributed by atoms with Gasteiger partial charge in [0.1, 0.15) is 11.1 Å². The third-order valence-electron chi connectivity index (χ3n) is 2.32. The maximum Gasteiger partial charge on any atom is 0.246 e. The lowest BCUT2D eigenvalue weighted by atomic mass is 10.3. The molecule has 1 heterocycles. The lowest BCUT2D eigenvalue weighted by Crippen LogP contribution is -2.26. The van der Waals surface area contributed by atoms with Crippen molar-refractivity contribution in [3.05, 3.63) is 24.3 Å². The molecule has 15 heavy (non-hydrogen) atoms. The summed E-state index contributed by atoms with van der Waals surface area (Å²) in [5.41, 5.74) is 0.619. The summed E-state index contributed by atoms with van der Waals surface area (Å²) in [5, 5.41) is 8.21. The Balaban J connectivity index is 2.29. The number of hydrogen-bond acceptors (Lipinski definition) is 2. The van der Waals surface area contributed by atoms with E-state index in [9.17, 15) is 9.90 Å². The third-order valence-corrected chi connectivity index (χ3v) is 3.33. The van der Waals surface area contributed by atoms with Gasteiger partial charge >= 0.3 is 0 Å². The van der Waals surface area contributed by atoms with Crippen LogP contribution >= 0.6 is 23.2 Å². The maximum absolute atomic E-state index is 11.7. The second kappa shape index (κ2) is 3.91. The highest BCUT2D eigenvalue weighted by Crippen LogP contribution is 2.29. The number of hydrogen-bond donors (Lipinski definition) is 1. The first kappa shape index (κ1) is 10.6. The average Bonchev–Trinajstić information content (AvgIpc) is 2.46. The Kier molecular flexibility index (Phi) is 2.76. The van der Waals surface area contributed by atoms with Crippen LogP contribution in [0.3, 0.4) is 0 Å². The van der Waals surface area contributed by atoms with Crippen LogP contribution in [0.4, 0.5) is 5.69 Å². The number of amides is 1. The molecule has 1 fully saturated rings. The highest BCUT2D eigenvalue weighted by Gasteiger charge is 2.38. The smallest absolute Gasteiger partial charge is 0.246 e. The number of benzene rings is 1. The van der Waals surface area contributed by atoms with Crippen molar-refractivity contribution in [1.82, 2.24) is 0 Å². The average molecular weight is 246 g/mol. The minimum absolute atomic E-state index is 0.115. The zero-order valence-corrected chi connectivity index (χ0v) is 9.24. The Bertz CT molecular complexity index is 397. The Morgan fingerprint density at radius 2 is 2.13 bits per heavy atom. The molecule has 1 aromatic rings. The number of carbonyl (C=O) groups excluding carboxylic acids is 1. The molecule has 1 aliphatic rings. The molecule has 1 saturated heterocycles. The van der Waals surface area contributed by atoms with Gasteiger partial charge in [-0.1, -0.05) is 6.07 Å². The molecule has 1 aliphatic heterocycles. The van der Waals surface area contributed by atoms with Crippen LogP contribution in [0.2, 0.25) is 0 Å². The van der Waals surface area contributed by atoms with Gasteiger partial charge in [0.15, 0.2) is 0 Å². The number of halogens is 2. The molecular weight excluding hydrogens is 237 g/mol. The minimum atomic E-state index is -0.686. The van der Waals surface area contributed by atoms with E-state index in [1.54, 1.807) is 18.2 Å². The van der Waals surface area contributed by atoms with Crippen LogP contribution in [0.25, 0.3) is 0 Å². The lowest BCUT2D eigenvalue weighted by molar-refractivity contribution is -0.116. The second-order valence-corrected chi connectivity index (χ2v) is 4.42. The van der Waals surface area contributed by atoms with Gasteiger partial charge in [0, 0.05) is 18.3 Å². The SMILES string of the molecule is O=C1C(Cl)C(Cl)CN1c1cccc(O)c1. The zero-order chi connectivity index (χ0) is 11.0. The van der Waals surface area contributed by atoms with Gasteiger partial charge in [-0.15, -0.1) is 23.2 Å². The van der Waals surface area contributed by atoms with E-state index in [0.717, 1.165) is 0 Å². The standard InChI is InChI=1S/C10H9Cl2NO2/c11-8-5-13(10(15)9(8)12)6-2-1-3-7(14)4-6/h1-4,8-9,14H,5H2. The van der Waals surface area contributed by atoms with Crippen molar-refractivity contribution in [3.8, 4) is 5.75 Å². The third kappa shape index (κ3) is 1.90. The van der Waals surface area contributed by atoms with E-state index in [1.165, 1.54) is 11.0 Å². The molecule has 0 spiro atoms. The summed E-state index contributed by atoms with van der Waals surface area (Å²) in [6.07, 6.45) is 0. The van der Waals surface area contributed by atoms with Crippen molar-refractivity contribution in [1.29, 1.82) is 0 Å². The molecule has 5 heteroatoms. The number of phenolic OH excluding ortho intramolecular Hbond substituents is 1. The quantitative estimate of drug-likeness (QED) is 0.769. The van der Waals surface area contributed by atoms with E-state index in [4.69, 9.17) is 23.2 Å². The molecule has 0 aromatic heterocycles. The molecule has 3 nitrogen and oxygen atoms in total. The normalized spacial score (nSPS) is 26.0. The summed E-state index contributed by atoms with van der Waals surface area (Å²) in [6.45, 7) is 0.373. The van der Waals surface area contributed by atoms with Gasteiger partial charge in [0.25, 0.3) is 0 Å². The molecule has 1 aromatic carbocycles. The van der Waals surface area contributed by atoms with Crippen molar-refractivity contribution in [3.63, 3.8) is 0 Å². The van der Waals surface area contributed by atoms with Crippen LogP contribution in [0.1, 0.15) is 0 Å². The van der Waals surface area contributed by atoms with Crippen LogP contribution in [-0.2, 0) is 4.79 Å². The van der Waals surface area contributed by atoms with Crippen LogP contribution in [0, 0.1) is 0 Å². The monoisotopic (exact) mass is 245 g/mol. The molecule has 0 aliphatic carbocycles. The highest BCUT2D eigenvalue weighted by atomic mass is 35.5. The first-order valence-corrected chi connectivity index (χ1v) is 5.35. The molecule has 0 radical (unpaired) electrons. The molecule has 2 unspecified atom stereocenters. The predicted octanol–water partition coefficient (Wildman–Crippen LogP) is 1.95. The van der Waals surface area contributed by atoms with Gasteiger partial charge in [-0.05, 0) is 12.1 Å². The molecule has 2 atom stereocenters. The number of carbonyl (C=O) groups is 1. The zero-order valence-electron chi connectivity index (χ0n) is 7.73. The number of rotatable bonds is 1. The topological polar surface area (TPSA) is 40.5 Å². The molecular formula is C10H9Cl2NO2. The first-order valence-electron chi connectivity index (χ1n) is 4.48. The Hall–Kier alpha value is -0.930. The highest BCUT2D eigenvalue weighted by molar-refractivity contribution is 6.40. The lowest BCUT2D eigenvalue weighted by Gasteiger charge is -2.15. The number of anilines is 1. The van der Waals surface area contributed by atoms with Crippen molar-refractivity contribution in [2.45, 2.75) is 10.8 Å². The van der Waals surface area contributed by atoms with Crippen molar-refractivity contribution in [2.24, 2.45) is 0 Å². The summed E-state index contributed by atoms with van der Waals surface area (Å²) in [7, 11) is 0. The Morgan fingerprint density at radius 1 is 1.40 bits per heavy atom. The van der Waals surface area contributed by atoms with Gasteiger partial charge in [-0.2, -0.15) is 0 Å². The van der Waals surface area contributed by atoms with E-state index in [-0.39, 0.29) is 17.0 Å². The number of nitrogens with zero attached hydrogens (tertiary/aromatic N) is 1. The second-order valence-electron chi connectivity index (χ2n) is 3.39. The van der Waals surface area contributed by atoms with E-state index in [1.807, 2.05) is 0 Å². The molecule has 1 N–H and O–H groups in total. The largest absolute Gasteiger partial charge is 0.508 e. The van der Waals surface area contributed by atoms with Gasteiger partial charge < -0.3 is 10.0 Å². The van der Waals surface area contributed by atoms with Crippen LogP contribution in [0.5, 0.6) is 5.75 Å². The fourth-order valence-corrected chi connectivity index (χ4v) is 2.00. The summed E-state index contributed by atoms with van der Waals surface area (Å²) in [4.78, 5) is 13.1. The van der Waals surface area contributed by atoms with E-state index >= 15 is 0 Å². The maximum atomic E-state index is 11.7. The Labute approximate surface area is 97.2 Å². The van der Waals surface area contributed by atoms with Gasteiger partial charge in [0.05, 0.1) is 5.38 Å². The number of aromatic hydroxyl groups is 1. The van der Waals surface area contributed by atoms with E-state index in [0.29, 0.717) is 12.2 Å². The number of alkyl halides is 2. The van der Waals surface area contributed by atoms with E-state index < -0.39 is 5.38 Å². The van der Waals surface area contributed by atoms with Crippen molar-refractivity contribution < 1.29 is 9.90 Å². The van der Waals surface area contributed by atoms with E-state index in [2.05, 4.69) is 0 Å². The summed E-state index contributed by atoms with van der Waals surface area (Å²) < 4.78 is 0. The number of phenols is 1. The minimum Gasteiger partial charge on any atom is -0.508 e. The summed E-state index contributed by atoms with van der Waals surface area (Å²) >= 11 is 11.7. The van der Waals surface area contributed by atoms with Gasteiger partial charge in [-0.3, -0.25) is 4.79 Å². The van der Waals surface area contributed by atoms with Crippen molar-refractivity contribution >= 4 is 34.8 Å². The molecule has 2 rings (SSSR count). The fourth-order valence-electron chi connectivity index (χ4n) is 1.55. The van der Waals surface area contributed by atoms with Gasteiger partial charge in [0.2, 0.25) is 5.91 Å².